The lowest BCUT2D eigenvalue weighted by molar-refractivity contribution is 0.0654. The highest BCUT2D eigenvalue weighted by Gasteiger charge is 2.34. The molecule has 0 aliphatic carbocycles. The van der Waals surface area contributed by atoms with Crippen LogP contribution >= 0.6 is 0 Å². The number of fused-ring (bicyclic) bond motifs is 1. The van der Waals surface area contributed by atoms with Crippen LogP contribution in [-0.4, -0.2) is 37.2 Å². The van der Waals surface area contributed by atoms with Crippen molar-refractivity contribution in [2.45, 2.75) is 32.2 Å². The molecule has 4 atom stereocenters. The quantitative estimate of drug-likeness (QED) is 0.920. The summed E-state index contributed by atoms with van der Waals surface area (Å²) in [6.07, 6.45) is 1.30. The second-order valence-corrected chi connectivity index (χ2v) is 6.62. The smallest absolute Gasteiger partial charge is 0.122 e. The topological polar surface area (TPSA) is 38.5 Å². The number of hydrogen-bond donors (Lipinski definition) is 1. The van der Waals surface area contributed by atoms with Crippen molar-refractivity contribution in [3.05, 3.63) is 29.8 Å². The minimum atomic E-state index is 0.498. The van der Waals surface area contributed by atoms with Crippen molar-refractivity contribution in [3.8, 4) is 5.75 Å². The van der Waals surface area contributed by atoms with Gasteiger partial charge in [0.1, 0.15) is 5.75 Å². The number of likely N-dealkylation sites (tertiary alicyclic amines) is 1. The van der Waals surface area contributed by atoms with Gasteiger partial charge in [-0.1, -0.05) is 32.0 Å². The van der Waals surface area contributed by atoms with Crippen LogP contribution in [0.1, 0.15) is 31.7 Å². The van der Waals surface area contributed by atoms with E-state index in [2.05, 4.69) is 43.0 Å². The average Bonchev–Trinajstić information content (AvgIpc) is 2.82. The molecule has 0 amide bonds. The molecule has 2 aliphatic heterocycles. The molecule has 3 rings (SSSR count). The van der Waals surface area contributed by atoms with E-state index in [1.165, 1.54) is 18.5 Å². The van der Waals surface area contributed by atoms with Gasteiger partial charge in [0.2, 0.25) is 0 Å². The third-order valence-corrected chi connectivity index (χ3v) is 4.94. The van der Waals surface area contributed by atoms with Gasteiger partial charge in [-0.05, 0) is 24.3 Å². The van der Waals surface area contributed by atoms with Gasteiger partial charge in [0, 0.05) is 37.2 Å². The molecule has 0 spiro atoms. The molecule has 20 heavy (non-hydrogen) atoms. The second kappa shape index (κ2) is 5.74. The monoisotopic (exact) mass is 274 g/mol. The molecule has 0 radical (unpaired) electrons. The molecule has 0 saturated carbocycles. The lowest BCUT2D eigenvalue weighted by Gasteiger charge is -2.43. The maximum Gasteiger partial charge on any atom is 0.122 e. The first-order chi connectivity index (χ1) is 9.69. The lowest BCUT2D eigenvalue weighted by atomic mass is 9.84. The van der Waals surface area contributed by atoms with Crippen molar-refractivity contribution < 1.29 is 4.74 Å². The number of hydrogen-bond acceptors (Lipinski definition) is 3. The summed E-state index contributed by atoms with van der Waals surface area (Å²) in [5.74, 6) is 3.03. The molecule has 2 aliphatic rings. The Morgan fingerprint density at radius 2 is 2.10 bits per heavy atom. The van der Waals surface area contributed by atoms with Crippen LogP contribution in [-0.2, 0) is 0 Å². The molecule has 1 aromatic rings. The summed E-state index contributed by atoms with van der Waals surface area (Å²) in [6.45, 7) is 8.53. The van der Waals surface area contributed by atoms with E-state index in [9.17, 15) is 0 Å². The fourth-order valence-corrected chi connectivity index (χ4v) is 4.02. The zero-order chi connectivity index (χ0) is 14.1. The number of rotatable bonds is 3. The third kappa shape index (κ3) is 2.57. The molecule has 110 valence electrons. The van der Waals surface area contributed by atoms with Crippen molar-refractivity contribution in [1.82, 2.24) is 4.90 Å². The number of ether oxygens (including phenoxy) is 1. The highest BCUT2D eigenvalue weighted by atomic mass is 16.5. The third-order valence-electron chi connectivity index (χ3n) is 4.94. The van der Waals surface area contributed by atoms with Crippen LogP contribution in [0.25, 0.3) is 0 Å². The lowest BCUT2D eigenvalue weighted by Crippen LogP contribution is -2.52. The molecule has 0 bridgehead atoms. The van der Waals surface area contributed by atoms with Crippen LogP contribution in [0.2, 0.25) is 0 Å². The molecule has 1 fully saturated rings. The highest BCUT2D eigenvalue weighted by molar-refractivity contribution is 5.39. The Morgan fingerprint density at radius 1 is 1.30 bits per heavy atom. The molecule has 1 aromatic carbocycles. The summed E-state index contributed by atoms with van der Waals surface area (Å²) in [4.78, 5) is 2.61. The summed E-state index contributed by atoms with van der Waals surface area (Å²) >= 11 is 0. The normalized spacial score (nSPS) is 33.8. The predicted octanol–water partition coefficient (Wildman–Crippen LogP) is 2.47. The molecule has 1 saturated heterocycles. The van der Waals surface area contributed by atoms with Crippen LogP contribution in [0.5, 0.6) is 5.75 Å². The number of benzene rings is 1. The first-order valence-electron chi connectivity index (χ1n) is 7.85. The summed E-state index contributed by atoms with van der Waals surface area (Å²) in [5, 5.41) is 0. The van der Waals surface area contributed by atoms with Crippen LogP contribution in [0.15, 0.2) is 24.3 Å². The van der Waals surface area contributed by atoms with Crippen molar-refractivity contribution in [3.63, 3.8) is 0 Å². The van der Waals surface area contributed by atoms with E-state index in [-0.39, 0.29) is 0 Å². The Balaban J connectivity index is 1.74. The number of nitrogens with zero attached hydrogens (tertiary/aromatic N) is 1. The molecule has 4 unspecified atom stereocenters. The van der Waals surface area contributed by atoms with Gasteiger partial charge in [-0.3, -0.25) is 4.90 Å². The zero-order valence-corrected chi connectivity index (χ0v) is 12.6. The van der Waals surface area contributed by atoms with Gasteiger partial charge in [0.25, 0.3) is 0 Å². The van der Waals surface area contributed by atoms with Crippen molar-refractivity contribution >= 4 is 0 Å². The van der Waals surface area contributed by atoms with E-state index >= 15 is 0 Å². The first-order valence-corrected chi connectivity index (χ1v) is 7.85. The van der Waals surface area contributed by atoms with Crippen LogP contribution < -0.4 is 10.5 Å². The predicted molar refractivity (Wildman–Crippen MR) is 82.0 cm³/mol. The van der Waals surface area contributed by atoms with Gasteiger partial charge in [-0.2, -0.15) is 0 Å². The maximum atomic E-state index is 6.03. The Labute approximate surface area is 122 Å². The van der Waals surface area contributed by atoms with Crippen molar-refractivity contribution in [2.75, 3.05) is 26.2 Å². The Hall–Kier alpha value is -1.06. The van der Waals surface area contributed by atoms with E-state index < -0.39 is 0 Å². The SMILES string of the molecule is CC1CC(C)C(CN)N(CC2COc3ccccc32)C1. The van der Waals surface area contributed by atoms with E-state index in [0.717, 1.165) is 31.4 Å². The molecule has 3 nitrogen and oxygen atoms in total. The Kier molecular flexibility index (Phi) is 3.99. The van der Waals surface area contributed by atoms with Crippen LogP contribution in [0.3, 0.4) is 0 Å². The highest BCUT2D eigenvalue weighted by Crippen LogP contribution is 2.36. The average molecular weight is 274 g/mol. The van der Waals surface area contributed by atoms with Gasteiger partial charge in [0.15, 0.2) is 0 Å². The zero-order valence-electron chi connectivity index (χ0n) is 12.6. The van der Waals surface area contributed by atoms with Crippen molar-refractivity contribution in [1.29, 1.82) is 0 Å². The fraction of sp³-hybridized carbons (Fsp3) is 0.647. The molecule has 3 heteroatoms. The summed E-state index contributed by atoms with van der Waals surface area (Å²) in [5.41, 5.74) is 7.40. The molecule has 2 heterocycles. The second-order valence-electron chi connectivity index (χ2n) is 6.62. The standard InChI is InChI=1S/C17H26N2O/c1-12-7-13(2)16(8-18)19(9-12)10-14-11-20-17-6-4-3-5-15(14)17/h3-6,12-14,16H,7-11,18H2,1-2H3. The molecular weight excluding hydrogens is 248 g/mol. The maximum absolute atomic E-state index is 6.03. The summed E-state index contributed by atoms with van der Waals surface area (Å²) in [7, 11) is 0. The molecule has 0 aromatic heterocycles. The first kappa shape index (κ1) is 13.9. The van der Waals surface area contributed by atoms with Crippen molar-refractivity contribution in [2.24, 2.45) is 17.6 Å². The minimum absolute atomic E-state index is 0.498. The minimum Gasteiger partial charge on any atom is -0.493 e. The van der Waals surface area contributed by atoms with E-state index in [1.807, 2.05) is 0 Å². The molecule has 2 N–H and O–H groups in total. The van der Waals surface area contributed by atoms with Gasteiger partial charge < -0.3 is 10.5 Å². The fourth-order valence-electron chi connectivity index (χ4n) is 4.02. The van der Waals surface area contributed by atoms with Gasteiger partial charge >= 0.3 is 0 Å². The number of nitrogens with two attached hydrogens (primary N) is 1. The van der Waals surface area contributed by atoms with Gasteiger partial charge in [-0.25, -0.2) is 0 Å². The van der Waals surface area contributed by atoms with E-state index in [1.54, 1.807) is 0 Å². The van der Waals surface area contributed by atoms with E-state index in [0.29, 0.717) is 17.9 Å². The van der Waals surface area contributed by atoms with E-state index in [4.69, 9.17) is 10.5 Å². The van der Waals surface area contributed by atoms with Gasteiger partial charge in [0.05, 0.1) is 6.61 Å². The van der Waals surface area contributed by atoms with Crippen LogP contribution in [0.4, 0.5) is 0 Å². The van der Waals surface area contributed by atoms with Gasteiger partial charge in [-0.15, -0.1) is 0 Å². The Bertz CT molecular complexity index is 462. The van der Waals surface area contributed by atoms with Crippen LogP contribution in [0, 0.1) is 11.8 Å². The Morgan fingerprint density at radius 3 is 2.90 bits per heavy atom. The number of piperidine rings is 1. The number of para-hydroxylation sites is 1. The summed E-state index contributed by atoms with van der Waals surface area (Å²) < 4.78 is 5.82. The molecular formula is C17H26N2O. The largest absolute Gasteiger partial charge is 0.493 e. The summed E-state index contributed by atoms with van der Waals surface area (Å²) in [6, 6.07) is 8.98.